The molecule has 66 valence electrons. The molecule has 0 amide bonds. The molecule has 0 saturated heterocycles. The fourth-order valence-electron chi connectivity index (χ4n) is 1.39. The summed E-state index contributed by atoms with van der Waals surface area (Å²) in [5, 5.41) is 0.780. The number of hydrogen-bond donors (Lipinski definition) is 1. The molecule has 0 aliphatic heterocycles. The summed E-state index contributed by atoms with van der Waals surface area (Å²) in [6.07, 6.45) is 0. The largest absolute Gasteiger partial charge is 0.398 e. The molecule has 0 aromatic heterocycles. The summed E-state index contributed by atoms with van der Waals surface area (Å²) < 4.78 is 0. The number of aryl methyl sites for hydroxylation is 1. The molecule has 0 aliphatic carbocycles. The normalized spacial score (nSPS) is 10.8. The Kier molecular flexibility index (Phi) is 2.63. The third kappa shape index (κ3) is 1.72. The third-order valence-corrected chi connectivity index (χ3v) is 2.20. The average Bonchev–Trinajstić information content (AvgIpc) is 1.82. The molecule has 0 aliphatic rings. The van der Waals surface area contributed by atoms with Gasteiger partial charge in [-0.3, -0.25) is 0 Å². The van der Waals surface area contributed by atoms with Gasteiger partial charge in [0, 0.05) is 10.7 Å². The first-order valence-electron chi connectivity index (χ1n) is 4.08. The van der Waals surface area contributed by atoms with Crippen LogP contribution in [-0.2, 0) is 0 Å². The second-order valence-corrected chi connectivity index (χ2v) is 3.81. The molecule has 0 unspecified atom stereocenters. The topological polar surface area (TPSA) is 26.0 Å². The Morgan fingerprint density at radius 2 is 1.92 bits per heavy atom. The summed E-state index contributed by atoms with van der Waals surface area (Å²) in [6.45, 7) is 6.17. The van der Waals surface area contributed by atoms with Crippen molar-refractivity contribution in [2.24, 2.45) is 0 Å². The van der Waals surface area contributed by atoms with Gasteiger partial charge in [0.05, 0.1) is 0 Å². The molecule has 1 aromatic carbocycles. The highest BCUT2D eigenvalue weighted by Gasteiger charge is 2.08. The summed E-state index contributed by atoms with van der Waals surface area (Å²) in [7, 11) is 0. The van der Waals surface area contributed by atoms with Crippen molar-refractivity contribution >= 4 is 17.3 Å². The van der Waals surface area contributed by atoms with E-state index in [-0.39, 0.29) is 0 Å². The molecule has 0 spiro atoms. The first-order valence-corrected chi connectivity index (χ1v) is 4.45. The minimum Gasteiger partial charge on any atom is -0.398 e. The number of halogens is 1. The number of benzene rings is 1. The van der Waals surface area contributed by atoms with Crippen molar-refractivity contribution in [3.63, 3.8) is 0 Å². The van der Waals surface area contributed by atoms with E-state index in [0.717, 1.165) is 21.8 Å². The minimum absolute atomic E-state index is 0.387. The summed E-state index contributed by atoms with van der Waals surface area (Å²) in [5.74, 6) is 0.387. The molecule has 0 saturated carbocycles. The fourth-order valence-corrected chi connectivity index (χ4v) is 1.89. The van der Waals surface area contributed by atoms with Crippen LogP contribution in [0.1, 0.15) is 30.9 Å². The predicted octanol–water partition coefficient (Wildman–Crippen LogP) is 3.35. The predicted molar refractivity (Wildman–Crippen MR) is 54.7 cm³/mol. The van der Waals surface area contributed by atoms with Crippen LogP contribution in [-0.4, -0.2) is 0 Å². The number of anilines is 1. The lowest BCUT2D eigenvalue weighted by atomic mass is 10.00. The first kappa shape index (κ1) is 9.40. The van der Waals surface area contributed by atoms with Gasteiger partial charge < -0.3 is 5.73 Å². The van der Waals surface area contributed by atoms with Crippen molar-refractivity contribution in [1.82, 2.24) is 0 Å². The van der Waals surface area contributed by atoms with E-state index < -0.39 is 0 Å². The number of rotatable bonds is 1. The Labute approximate surface area is 78.5 Å². The van der Waals surface area contributed by atoms with Gasteiger partial charge in [-0.2, -0.15) is 0 Å². The molecule has 12 heavy (non-hydrogen) atoms. The maximum Gasteiger partial charge on any atom is 0.0463 e. The smallest absolute Gasteiger partial charge is 0.0463 e. The van der Waals surface area contributed by atoms with E-state index in [1.807, 2.05) is 19.1 Å². The van der Waals surface area contributed by atoms with Crippen molar-refractivity contribution in [1.29, 1.82) is 0 Å². The Morgan fingerprint density at radius 1 is 1.33 bits per heavy atom. The molecule has 0 fully saturated rings. The maximum absolute atomic E-state index is 6.05. The standard InChI is InChI=1S/C10H14ClN/c1-6(2)10-8(11)4-7(3)5-9(10)12/h4-6H,12H2,1-3H3. The molecule has 0 heterocycles. The van der Waals surface area contributed by atoms with Crippen molar-refractivity contribution < 1.29 is 0 Å². The molecule has 0 bridgehead atoms. The van der Waals surface area contributed by atoms with E-state index in [9.17, 15) is 0 Å². The van der Waals surface area contributed by atoms with Gasteiger partial charge in [-0.1, -0.05) is 25.4 Å². The molecule has 2 N–H and O–H groups in total. The van der Waals surface area contributed by atoms with E-state index >= 15 is 0 Å². The van der Waals surface area contributed by atoms with E-state index in [0.29, 0.717) is 5.92 Å². The Morgan fingerprint density at radius 3 is 2.33 bits per heavy atom. The zero-order valence-corrected chi connectivity index (χ0v) is 8.44. The number of nitrogens with two attached hydrogens (primary N) is 1. The van der Waals surface area contributed by atoms with Gasteiger partial charge in [-0.05, 0) is 36.1 Å². The van der Waals surface area contributed by atoms with Crippen LogP contribution in [0.25, 0.3) is 0 Å². The van der Waals surface area contributed by atoms with Crippen LogP contribution in [0.4, 0.5) is 5.69 Å². The zero-order valence-electron chi connectivity index (χ0n) is 7.69. The lowest BCUT2D eigenvalue weighted by Crippen LogP contribution is -1.98. The van der Waals surface area contributed by atoms with E-state index in [2.05, 4.69) is 13.8 Å². The summed E-state index contributed by atoms with van der Waals surface area (Å²) >= 11 is 6.05. The molecule has 1 rings (SSSR count). The van der Waals surface area contributed by atoms with Crippen LogP contribution in [0.15, 0.2) is 12.1 Å². The molecule has 2 heteroatoms. The summed E-state index contributed by atoms with van der Waals surface area (Å²) in [6, 6.07) is 3.91. The second kappa shape index (κ2) is 3.36. The van der Waals surface area contributed by atoms with Crippen LogP contribution in [0.3, 0.4) is 0 Å². The zero-order chi connectivity index (χ0) is 9.30. The van der Waals surface area contributed by atoms with Gasteiger partial charge in [-0.15, -0.1) is 0 Å². The van der Waals surface area contributed by atoms with Gasteiger partial charge in [-0.25, -0.2) is 0 Å². The Hall–Kier alpha value is -0.690. The molecular formula is C10H14ClN. The average molecular weight is 184 g/mol. The lowest BCUT2D eigenvalue weighted by Gasteiger charge is -2.12. The second-order valence-electron chi connectivity index (χ2n) is 3.40. The maximum atomic E-state index is 6.05. The molecule has 1 aromatic rings. The molecular weight excluding hydrogens is 170 g/mol. The highest BCUT2D eigenvalue weighted by Crippen LogP contribution is 2.30. The van der Waals surface area contributed by atoms with Crippen molar-refractivity contribution in [2.45, 2.75) is 26.7 Å². The summed E-state index contributed by atoms with van der Waals surface area (Å²) in [5.41, 5.74) is 8.81. The van der Waals surface area contributed by atoms with Crippen LogP contribution in [0, 0.1) is 6.92 Å². The molecule has 0 atom stereocenters. The van der Waals surface area contributed by atoms with Gasteiger partial charge in [0.2, 0.25) is 0 Å². The van der Waals surface area contributed by atoms with Crippen molar-refractivity contribution in [2.75, 3.05) is 5.73 Å². The number of hydrogen-bond acceptors (Lipinski definition) is 1. The van der Waals surface area contributed by atoms with Crippen LogP contribution >= 0.6 is 11.6 Å². The lowest BCUT2D eigenvalue weighted by molar-refractivity contribution is 0.869. The minimum atomic E-state index is 0.387. The van der Waals surface area contributed by atoms with Crippen molar-refractivity contribution in [3.05, 3.63) is 28.3 Å². The highest BCUT2D eigenvalue weighted by atomic mass is 35.5. The van der Waals surface area contributed by atoms with Gasteiger partial charge in [0.25, 0.3) is 0 Å². The van der Waals surface area contributed by atoms with Crippen molar-refractivity contribution in [3.8, 4) is 0 Å². The Balaban J connectivity index is 3.28. The van der Waals surface area contributed by atoms with E-state index in [1.54, 1.807) is 0 Å². The van der Waals surface area contributed by atoms with Gasteiger partial charge >= 0.3 is 0 Å². The van der Waals surface area contributed by atoms with Crippen LogP contribution < -0.4 is 5.73 Å². The van der Waals surface area contributed by atoms with Gasteiger partial charge in [0.1, 0.15) is 0 Å². The quantitative estimate of drug-likeness (QED) is 0.664. The third-order valence-electron chi connectivity index (χ3n) is 1.88. The summed E-state index contributed by atoms with van der Waals surface area (Å²) in [4.78, 5) is 0. The van der Waals surface area contributed by atoms with Crippen LogP contribution in [0.2, 0.25) is 5.02 Å². The number of nitrogen functional groups attached to an aromatic ring is 1. The van der Waals surface area contributed by atoms with E-state index in [4.69, 9.17) is 17.3 Å². The first-order chi connectivity index (χ1) is 5.52. The molecule has 1 nitrogen and oxygen atoms in total. The monoisotopic (exact) mass is 183 g/mol. The van der Waals surface area contributed by atoms with Crippen LogP contribution in [0.5, 0.6) is 0 Å². The Bertz CT molecular complexity index is 269. The SMILES string of the molecule is Cc1cc(N)c(C(C)C)c(Cl)c1. The molecule has 0 radical (unpaired) electrons. The van der Waals surface area contributed by atoms with E-state index in [1.165, 1.54) is 0 Å². The highest BCUT2D eigenvalue weighted by molar-refractivity contribution is 6.31. The fraction of sp³-hybridized carbons (Fsp3) is 0.400. The van der Waals surface area contributed by atoms with Gasteiger partial charge in [0.15, 0.2) is 0 Å².